The number of methoxy groups -OCH3 is 1. The van der Waals surface area contributed by atoms with Crippen molar-refractivity contribution in [2.75, 3.05) is 26.5 Å². The smallest absolute Gasteiger partial charge is 0.331 e. The lowest BCUT2D eigenvalue weighted by molar-refractivity contribution is -0.140. The van der Waals surface area contributed by atoms with Crippen LogP contribution < -0.4 is 0 Å². The van der Waals surface area contributed by atoms with Crippen molar-refractivity contribution in [2.24, 2.45) is 11.8 Å². The van der Waals surface area contributed by atoms with Crippen LogP contribution in [0.25, 0.3) is 0 Å². The van der Waals surface area contributed by atoms with Crippen molar-refractivity contribution in [1.82, 2.24) is 0 Å². The molecule has 0 heterocycles. The number of carbonyl (C=O) groups is 1. The van der Waals surface area contributed by atoms with Gasteiger partial charge >= 0.3 is 13.6 Å². The number of esters is 1. The quantitative estimate of drug-likeness (QED) is 0.217. The zero-order chi connectivity index (χ0) is 19.8. The van der Waals surface area contributed by atoms with Crippen LogP contribution in [0.1, 0.15) is 85.5 Å². The molecule has 5 nitrogen and oxygen atoms in total. The molecule has 156 valence electrons. The third kappa shape index (κ3) is 12.1. The molecule has 0 aromatic rings. The Morgan fingerprint density at radius 1 is 0.885 bits per heavy atom. The number of hydrogen-bond acceptors (Lipinski definition) is 5. The van der Waals surface area contributed by atoms with Crippen LogP contribution in [0.2, 0.25) is 0 Å². The summed E-state index contributed by atoms with van der Waals surface area (Å²) in [6, 6.07) is 0. The highest BCUT2D eigenvalue weighted by atomic mass is 31.2. The number of ether oxygens (including phenoxy) is 1. The summed E-state index contributed by atoms with van der Waals surface area (Å²) >= 11 is 0. The molecule has 0 N–H and O–H groups in total. The second kappa shape index (κ2) is 15.7. The second-order valence-electron chi connectivity index (χ2n) is 7.09. The van der Waals surface area contributed by atoms with Crippen LogP contribution in [-0.4, -0.2) is 32.5 Å². The molecule has 0 aromatic carbocycles. The minimum absolute atomic E-state index is 0.0608. The van der Waals surface area contributed by atoms with Crippen molar-refractivity contribution in [1.29, 1.82) is 0 Å². The van der Waals surface area contributed by atoms with Gasteiger partial charge in [0.05, 0.1) is 32.9 Å². The number of unbranched alkanes of at least 4 members (excludes halogenated alkanes) is 2. The van der Waals surface area contributed by atoms with Crippen molar-refractivity contribution in [3.05, 3.63) is 0 Å². The first kappa shape index (κ1) is 25.6. The molecular formula is C20H41O5P. The Morgan fingerprint density at radius 2 is 1.35 bits per heavy atom. The Kier molecular flexibility index (Phi) is 15.4. The molecule has 0 radical (unpaired) electrons. The van der Waals surface area contributed by atoms with E-state index in [4.69, 9.17) is 9.05 Å². The van der Waals surface area contributed by atoms with Gasteiger partial charge in [-0.15, -0.1) is 0 Å². The lowest BCUT2D eigenvalue weighted by atomic mass is 10.0. The van der Waals surface area contributed by atoms with Gasteiger partial charge in [-0.05, 0) is 24.7 Å². The minimum atomic E-state index is -3.29. The van der Waals surface area contributed by atoms with Crippen LogP contribution >= 0.6 is 7.60 Å². The van der Waals surface area contributed by atoms with Gasteiger partial charge in [-0.1, -0.05) is 66.2 Å². The Hall–Kier alpha value is -0.380. The maximum absolute atomic E-state index is 13.2. The summed E-state index contributed by atoms with van der Waals surface area (Å²) < 4.78 is 29.4. The number of hydrogen-bond donors (Lipinski definition) is 0. The lowest BCUT2D eigenvalue weighted by Crippen LogP contribution is -2.15. The molecule has 0 aliphatic carbocycles. The third-order valence-corrected chi connectivity index (χ3v) is 6.77. The summed E-state index contributed by atoms with van der Waals surface area (Å²) in [6.07, 6.45) is 8.84. The van der Waals surface area contributed by atoms with Gasteiger partial charge in [-0.3, -0.25) is 9.36 Å². The van der Waals surface area contributed by atoms with E-state index in [1.165, 1.54) is 7.11 Å². The highest BCUT2D eigenvalue weighted by Crippen LogP contribution is 2.50. The number of carbonyl (C=O) groups excluding carboxylic acids is 1. The van der Waals surface area contributed by atoms with Crippen molar-refractivity contribution >= 4 is 13.6 Å². The molecule has 0 aliphatic heterocycles. The lowest BCUT2D eigenvalue weighted by Gasteiger charge is -2.24. The van der Waals surface area contributed by atoms with Gasteiger partial charge in [-0.25, -0.2) is 0 Å². The normalized spacial score (nSPS) is 16.0. The van der Waals surface area contributed by atoms with Gasteiger partial charge in [0.15, 0.2) is 0 Å². The largest absolute Gasteiger partial charge is 0.469 e. The SMILES string of the molecule is CCCCC(CC)COP(=O)(CCC(=O)OC)OCC(CC)CCCC. The average Bonchev–Trinajstić information content (AvgIpc) is 2.66. The standard InChI is InChI=1S/C20H41O5P/c1-6-10-12-18(8-3)16-24-26(22,15-14-20(21)23-5)25-17-19(9-4)13-11-7-2/h18-19H,6-17H2,1-5H3. The van der Waals surface area contributed by atoms with Gasteiger partial charge in [0.25, 0.3) is 0 Å². The zero-order valence-electron chi connectivity index (χ0n) is 17.6. The van der Waals surface area contributed by atoms with E-state index in [0.29, 0.717) is 25.0 Å². The Bertz CT molecular complexity index is 376. The van der Waals surface area contributed by atoms with E-state index in [0.717, 1.165) is 51.4 Å². The molecule has 0 saturated carbocycles. The topological polar surface area (TPSA) is 61.8 Å². The van der Waals surface area contributed by atoms with Gasteiger partial charge in [0, 0.05) is 0 Å². The van der Waals surface area contributed by atoms with Crippen LogP contribution in [-0.2, 0) is 23.1 Å². The molecule has 26 heavy (non-hydrogen) atoms. The minimum Gasteiger partial charge on any atom is -0.469 e. The van der Waals surface area contributed by atoms with Crippen molar-refractivity contribution in [2.45, 2.75) is 85.5 Å². The second-order valence-corrected chi connectivity index (χ2v) is 9.27. The van der Waals surface area contributed by atoms with Crippen LogP contribution in [0.5, 0.6) is 0 Å². The maximum atomic E-state index is 13.2. The van der Waals surface area contributed by atoms with Gasteiger partial charge < -0.3 is 13.8 Å². The van der Waals surface area contributed by atoms with E-state index in [1.54, 1.807) is 0 Å². The maximum Gasteiger partial charge on any atom is 0.331 e. The zero-order valence-corrected chi connectivity index (χ0v) is 18.5. The molecule has 6 heteroatoms. The van der Waals surface area contributed by atoms with Crippen molar-refractivity contribution in [3.63, 3.8) is 0 Å². The summed E-state index contributed by atoms with van der Waals surface area (Å²) in [5.74, 6) is 0.382. The summed E-state index contributed by atoms with van der Waals surface area (Å²) in [6.45, 7) is 9.45. The van der Waals surface area contributed by atoms with Crippen LogP contribution in [0.15, 0.2) is 0 Å². The van der Waals surface area contributed by atoms with E-state index in [1.807, 2.05) is 0 Å². The van der Waals surface area contributed by atoms with Gasteiger partial charge in [0.2, 0.25) is 0 Å². The summed E-state index contributed by atoms with van der Waals surface area (Å²) in [5, 5.41) is 0. The molecule has 0 fully saturated rings. The molecule has 2 unspecified atom stereocenters. The summed E-state index contributed by atoms with van der Waals surface area (Å²) in [7, 11) is -1.95. The van der Waals surface area contributed by atoms with Gasteiger partial charge in [-0.2, -0.15) is 0 Å². The molecule has 0 aromatic heterocycles. The van der Waals surface area contributed by atoms with E-state index in [9.17, 15) is 9.36 Å². The Balaban J connectivity index is 4.76. The molecule has 2 atom stereocenters. The van der Waals surface area contributed by atoms with Crippen molar-refractivity contribution in [3.8, 4) is 0 Å². The fraction of sp³-hybridized carbons (Fsp3) is 0.950. The highest BCUT2D eigenvalue weighted by Gasteiger charge is 2.28. The number of rotatable bonds is 17. The molecule has 0 aliphatic rings. The highest BCUT2D eigenvalue weighted by molar-refractivity contribution is 7.53. The predicted octanol–water partition coefficient (Wildman–Crippen LogP) is 6.21. The van der Waals surface area contributed by atoms with Crippen LogP contribution in [0.3, 0.4) is 0 Å². The van der Waals surface area contributed by atoms with Gasteiger partial charge in [0.1, 0.15) is 0 Å². The molecule has 0 spiro atoms. The molecular weight excluding hydrogens is 351 g/mol. The fourth-order valence-corrected chi connectivity index (χ4v) is 4.40. The summed E-state index contributed by atoms with van der Waals surface area (Å²) in [4.78, 5) is 11.5. The predicted molar refractivity (Wildman–Crippen MR) is 108 cm³/mol. The molecule has 0 bridgehead atoms. The summed E-state index contributed by atoms with van der Waals surface area (Å²) in [5.41, 5.74) is 0. The first-order valence-electron chi connectivity index (χ1n) is 10.4. The molecule has 0 saturated heterocycles. The van der Waals surface area contributed by atoms with E-state index >= 15 is 0 Å². The monoisotopic (exact) mass is 392 g/mol. The molecule has 0 rings (SSSR count). The third-order valence-electron chi connectivity index (χ3n) is 4.92. The molecule has 0 amide bonds. The van der Waals surface area contributed by atoms with Crippen LogP contribution in [0.4, 0.5) is 0 Å². The van der Waals surface area contributed by atoms with E-state index < -0.39 is 7.60 Å². The van der Waals surface area contributed by atoms with E-state index in [-0.39, 0.29) is 18.6 Å². The average molecular weight is 393 g/mol. The Labute approximate surface area is 161 Å². The first-order valence-corrected chi connectivity index (χ1v) is 12.1. The Morgan fingerprint density at radius 3 is 1.69 bits per heavy atom. The van der Waals surface area contributed by atoms with Crippen LogP contribution in [0, 0.1) is 11.8 Å². The fourth-order valence-electron chi connectivity index (χ4n) is 2.73. The van der Waals surface area contributed by atoms with E-state index in [2.05, 4.69) is 32.4 Å². The van der Waals surface area contributed by atoms with Crippen molar-refractivity contribution < 1.29 is 23.1 Å². The first-order chi connectivity index (χ1) is 12.4.